The number of benzene rings is 2. The number of likely N-dealkylation sites (tertiary alicyclic amines) is 1. The third-order valence-corrected chi connectivity index (χ3v) is 6.11. The fourth-order valence-corrected chi connectivity index (χ4v) is 4.35. The van der Waals surface area contributed by atoms with Crippen LogP contribution in [0.25, 0.3) is 5.76 Å². The van der Waals surface area contributed by atoms with E-state index in [2.05, 4.69) is 27.7 Å². The molecule has 0 spiro atoms. The average molecular weight is 466 g/mol. The predicted molar refractivity (Wildman–Crippen MR) is 133 cm³/mol. The van der Waals surface area contributed by atoms with Crippen molar-refractivity contribution in [3.05, 3.63) is 64.7 Å². The summed E-state index contributed by atoms with van der Waals surface area (Å²) in [6, 6.07) is 11.0. The summed E-state index contributed by atoms with van der Waals surface area (Å²) in [4.78, 5) is 27.7. The Bertz CT molecular complexity index is 1080. The molecule has 2 aromatic carbocycles. The van der Waals surface area contributed by atoms with E-state index in [0.29, 0.717) is 24.3 Å². The number of amides is 1. The maximum Gasteiger partial charge on any atom is 0.295 e. The number of aliphatic hydroxyl groups is 1. The van der Waals surface area contributed by atoms with Gasteiger partial charge in [-0.3, -0.25) is 9.59 Å². The number of unbranched alkanes of at least 4 members (excludes halogenated alkanes) is 2. The molecule has 1 atom stereocenters. The number of rotatable bonds is 8. The summed E-state index contributed by atoms with van der Waals surface area (Å²) in [6.07, 6.45) is 2.67. The van der Waals surface area contributed by atoms with E-state index in [1.165, 1.54) is 17.0 Å². The van der Waals surface area contributed by atoms with Gasteiger partial charge in [-0.1, -0.05) is 52.7 Å². The first-order valence-electron chi connectivity index (χ1n) is 11.9. The molecule has 0 bridgehead atoms. The lowest BCUT2D eigenvalue weighted by Crippen LogP contribution is -2.30. The minimum absolute atomic E-state index is 0.0659. The first kappa shape index (κ1) is 25.3. The first-order valence-corrected chi connectivity index (χ1v) is 11.9. The Hall–Kier alpha value is -3.28. The molecular weight excluding hydrogens is 430 g/mol. The number of ether oxygens (including phenoxy) is 1. The Kier molecular flexibility index (Phi) is 7.70. The summed E-state index contributed by atoms with van der Waals surface area (Å²) < 4.78 is 5.78. The van der Waals surface area contributed by atoms with E-state index in [4.69, 9.17) is 4.74 Å². The number of phenols is 1. The average Bonchev–Trinajstić information content (AvgIpc) is 3.04. The largest absolute Gasteiger partial charge is 0.508 e. The van der Waals surface area contributed by atoms with Gasteiger partial charge in [-0.05, 0) is 54.7 Å². The third-order valence-electron chi connectivity index (χ3n) is 6.11. The Morgan fingerprint density at radius 1 is 1.03 bits per heavy atom. The van der Waals surface area contributed by atoms with Crippen LogP contribution >= 0.6 is 0 Å². The van der Waals surface area contributed by atoms with Gasteiger partial charge in [-0.15, -0.1) is 0 Å². The van der Waals surface area contributed by atoms with Gasteiger partial charge in [0, 0.05) is 17.7 Å². The molecule has 2 aromatic rings. The van der Waals surface area contributed by atoms with Gasteiger partial charge >= 0.3 is 0 Å². The molecule has 1 heterocycles. The number of carbonyl (C=O) groups is 2. The third kappa shape index (κ3) is 5.11. The fourth-order valence-electron chi connectivity index (χ4n) is 4.35. The van der Waals surface area contributed by atoms with Gasteiger partial charge in [0.1, 0.15) is 17.3 Å². The highest BCUT2D eigenvalue weighted by atomic mass is 16.5. The van der Waals surface area contributed by atoms with E-state index in [-0.39, 0.29) is 22.5 Å². The summed E-state index contributed by atoms with van der Waals surface area (Å²) in [6.45, 7) is 11.1. The van der Waals surface area contributed by atoms with Crippen molar-refractivity contribution in [1.82, 2.24) is 4.90 Å². The molecule has 0 radical (unpaired) electrons. The lowest BCUT2D eigenvalue weighted by Gasteiger charge is -2.26. The van der Waals surface area contributed by atoms with E-state index in [1.54, 1.807) is 24.3 Å². The molecular formula is C28H35NO5. The van der Waals surface area contributed by atoms with E-state index in [9.17, 15) is 19.8 Å². The molecule has 3 rings (SSSR count). The Morgan fingerprint density at radius 3 is 2.29 bits per heavy atom. The molecule has 0 saturated carbocycles. The molecule has 0 aliphatic carbocycles. The van der Waals surface area contributed by atoms with Crippen LogP contribution in [0.5, 0.6) is 11.5 Å². The maximum absolute atomic E-state index is 13.2. The zero-order chi connectivity index (χ0) is 25.0. The minimum atomic E-state index is -0.720. The van der Waals surface area contributed by atoms with Crippen LogP contribution in [0.15, 0.2) is 48.0 Å². The summed E-state index contributed by atoms with van der Waals surface area (Å²) >= 11 is 0. The van der Waals surface area contributed by atoms with Crippen LogP contribution in [0.3, 0.4) is 0 Å². The van der Waals surface area contributed by atoms with Crippen LogP contribution in [0.2, 0.25) is 0 Å². The van der Waals surface area contributed by atoms with Gasteiger partial charge in [-0.2, -0.15) is 0 Å². The summed E-state index contributed by atoms with van der Waals surface area (Å²) in [7, 11) is 0. The van der Waals surface area contributed by atoms with Crippen molar-refractivity contribution in [2.75, 3.05) is 13.2 Å². The van der Waals surface area contributed by atoms with E-state index < -0.39 is 17.7 Å². The van der Waals surface area contributed by atoms with Crippen LogP contribution in [-0.4, -0.2) is 40.0 Å². The second-order valence-electron chi connectivity index (χ2n) is 9.69. The first-order chi connectivity index (χ1) is 16.1. The van der Waals surface area contributed by atoms with E-state index in [0.717, 1.165) is 30.6 Å². The molecule has 1 aliphatic heterocycles. The van der Waals surface area contributed by atoms with E-state index >= 15 is 0 Å². The van der Waals surface area contributed by atoms with Crippen molar-refractivity contribution in [2.45, 2.75) is 65.3 Å². The number of Topliss-reactive ketones (excluding diaryl/α,β-unsaturated/α-hetero) is 1. The zero-order valence-corrected chi connectivity index (χ0v) is 20.7. The van der Waals surface area contributed by atoms with Crippen molar-refractivity contribution in [1.29, 1.82) is 0 Å². The van der Waals surface area contributed by atoms with Crippen molar-refractivity contribution in [2.24, 2.45) is 0 Å². The number of ketones is 1. The lowest BCUT2D eigenvalue weighted by molar-refractivity contribution is -0.139. The smallest absolute Gasteiger partial charge is 0.295 e. The second kappa shape index (κ2) is 10.3. The Morgan fingerprint density at radius 2 is 1.71 bits per heavy atom. The number of hydrogen-bond acceptors (Lipinski definition) is 5. The molecule has 1 amide bonds. The van der Waals surface area contributed by atoms with Gasteiger partial charge < -0.3 is 19.8 Å². The molecule has 2 N–H and O–H groups in total. The van der Waals surface area contributed by atoms with Crippen LogP contribution < -0.4 is 4.74 Å². The number of aromatic hydroxyl groups is 1. The van der Waals surface area contributed by atoms with Crippen molar-refractivity contribution < 1.29 is 24.5 Å². The highest BCUT2D eigenvalue weighted by molar-refractivity contribution is 6.46. The van der Waals surface area contributed by atoms with Gasteiger partial charge in [0.25, 0.3) is 11.7 Å². The van der Waals surface area contributed by atoms with Crippen molar-refractivity contribution in [3.63, 3.8) is 0 Å². The minimum Gasteiger partial charge on any atom is -0.508 e. The number of carbonyl (C=O) groups excluding carboxylic acids is 2. The summed E-state index contributed by atoms with van der Waals surface area (Å²) in [5.41, 5.74) is 1.83. The molecule has 1 saturated heterocycles. The van der Waals surface area contributed by atoms with Crippen LogP contribution in [-0.2, 0) is 15.0 Å². The monoisotopic (exact) mass is 465 g/mol. The normalized spacial score (nSPS) is 17.9. The fraction of sp³-hybridized carbons (Fsp3) is 0.429. The maximum atomic E-state index is 13.2. The van der Waals surface area contributed by atoms with Crippen LogP contribution in [0.1, 0.15) is 76.6 Å². The number of nitrogens with zero attached hydrogens (tertiary/aromatic N) is 1. The second-order valence-corrected chi connectivity index (χ2v) is 9.69. The number of phenolic OH excluding ortho intramolecular Hbond substituents is 1. The quantitative estimate of drug-likeness (QED) is 0.226. The standard InChI is InChI=1S/C28H35NO5/c1-6-8-9-16-29-24(18-10-13-20(30)14-11-18)23(26(32)27(29)33)25(31)19-12-15-22(34-7-2)21(17-19)28(3,4)5/h10-15,17,24,30-31H,6-9,16H2,1-5H3/b25-23-. The Labute approximate surface area is 201 Å². The van der Waals surface area contributed by atoms with Gasteiger partial charge in [0.15, 0.2) is 0 Å². The van der Waals surface area contributed by atoms with Crippen molar-refractivity contribution >= 4 is 17.4 Å². The number of aliphatic hydroxyl groups excluding tert-OH is 1. The Balaban J connectivity index is 2.17. The van der Waals surface area contributed by atoms with Crippen molar-refractivity contribution in [3.8, 4) is 11.5 Å². The highest BCUT2D eigenvalue weighted by Gasteiger charge is 2.45. The van der Waals surface area contributed by atoms with Gasteiger partial charge in [0.2, 0.25) is 0 Å². The lowest BCUT2D eigenvalue weighted by atomic mass is 9.84. The zero-order valence-electron chi connectivity index (χ0n) is 20.7. The molecule has 6 heteroatoms. The van der Waals surface area contributed by atoms with Gasteiger partial charge in [-0.25, -0.2) is 0 Å². The van der Waals surface area contributed by atoms with Gasteiger partial charge in [0.05, 0.1) is 18.2 Å². The summed E-state index contributed by atoms with van der Waals surface area (Å²) in [5.74, 6) is -0.700. The SMILES string of the molecule is CCCCCN1C(=O)C(=O)/C(=C(\O)c2ccc(OCC)c(C(C)(C)C)c2)C1c1ccc(O)cc1. The predicted octanol–water partition coefficient (Wildman–Crippen LogP) is 5.70. The van der Waals surface area contributed by atoms with Crippen LogP contribution in [0, 0.1) is 0 Å². The molecule has 34 heavy (non-hydrogen) atoms. The molecule has 1 fully saturated rings. The number of hydrogen-bond donors (Lipinski definition) is 2. The summed E-state index contributed by atoms with van der Waals surface area (Å²) in [5, 5.41) is 21.1. The van der Waals surface area contributed by atoms with Crippen LogP contribution in [0.4, 0.5) is 0 Å². The van der Waals surface area contributed by atoms with E-state index in [1.807, 2.05) is 13.0 Å². The molecule has 1 unspecified atom stereocenters. The molecule has 1 aliphatic rings. The topological polar surface area (TPSA) is 87.1 Å². The highest BCUT2D eigenvalue weighted by Crippen LogP contribution is 2.41. The molecule has 0 aromatic heterocycles. The molecule has 6 nitrogen and oxygen atoms in total. The molecule has 182 valence electrons.